The molecular weight excluding hydrogens is 719 g/mol. The number of thioether (sulfide) groups is 1. The van der Waals surface area contributed by atoms with E-state index in [1.54, 1.807) is 13.4 Å². The Labute approximate surface area is 321 Å². The van der Waals surface area contributed by atoms with Gasteiger partial charge in [0.25, 0.3) is 0 Å². The molecule has 0 bridgehead atoms. The van der Waals surface area contributed by atoms with Crippen LogP contribution in [0.2, 0.25) is 36.3 Å². The van der Waals surface area contributed by atoms with Crippen LogP contribution >= 0.6 is 11.8 Å². The number of rotatable bonds is 14. The highest BCUT2D eigenvalue weighted by Gasteiger charge is 2.54. The minimum Gasteiger partial charge on any atom is -0.408 e. The molecule has 1 saturated heterocycles. The first-order valence-corrected chi connectivity index (χ1v) is 25.2. The smallest absolute Gasteiger partial charge is 0.192 e. The van der Waals surface area contributed by atoms with Crippen molar-refractivity contribution in [2.24, 2.45) is 5.73 Å². The van der Waals surface area contributed by atoms with E-state index < -0.39 is 29.0 Å². The Kier molecular flexibility index (Phi) is 12.6. The van der Waals surface area contributed by atoms with Gasteiger partial charge in [-0.05, 0) is 47.4 Å². The molecule has 4 aromatic rings. The number of hydrogen-bond donors (Lipinski definition) is 3. The molecule has 1 fully saturated rings. The second-order valence-electron chi connectivity index (χ2n) is 16.9. The van der Waals surface area contributed by atoms with Gasteiger partial charge in [0, 0.05) is 19.6 Å². The quantitative estimate of drug-likeness (QED) is 0.0648. The van der Waals surface area contributed by atoms with Crippen molar-refractivity contribution >= 4 is 50.5 Å². The first-order valence-electron chi connectivity index (χ1n) is 18.4. The van der Waals surface area contributed by atoms with E-state index in [1.807, 2.05) is 16.7 Å². The lowest BCUT2D eigenvalue weighted by atomic mass is 9.91. The standard InChI is InChI=1S/C39H59N7O4SSi2/c1-38(2,3)52(8,9)49-32-29(23-47-7)48-36(33(32)50-53(10,11)39(4,5)6)46-25-43-31-34(44-30(45-35(31)46)24-51-37(40)41)42-22-28(26-18-14-12-15-19-26)27-20-16-13-17-21-27/h12-21,25,28-29,32-33,36H,22-24H2,1-11H3,(H3,40,41)(H,42,44,45)/t29-,32-,33+,36-/m1/s1. The van der Waals surface area contributed by atoms with Crippen molar-refractivity contribution in [1.29, 1.82) is 5.41 Å². The largest absolute Gasteiger partial charge is 0.408 e. The maximum atomic E-state index is 7.89. The zero-order chi connectivity index (χ0) is 38.8. The van der Waals surface area contributed by atoms with E-state index in [0.717, 1.165) is 0 Å². The van der Waals surface area contributed by atoms with E-state index in [2.05, 4.69) is 122 Å². The molecule has 4 N–H and O–H groups in total. The number of imidazole rings is 1. The number of fused-ring (bicyclic) bond motifs is 1. The highest BCUT2D eigenvalue weighted by Crippen LogP contribution is 2.46. The second kappa shape index (κ2) is 16.3. The molecule has 288 valence electrons. The third-order valence-corrected chi connectivity index (χ3v) is 20.7. The number of nitrogens with one attached hydrogen (secondary N) is 2. The van der Waals surface area contributed by atoms with Crippen molar-refractivity contribution in [1.82, 2.24) is 19.5 Å². The number of amidine groups is 1. The van der Waals surface area contributed by atoms with Crippen LogP contribution in [0.4, 0.5) is 5.82 Å². The second-order valence-corrected chi connectivity index (χ2v) is 27.5. The van der Waals surface area contributed by atoms with E-state index in [4.69, 9.17) is 44.4 Å². The fourth-order valence-electron chi connectivity index (χ4n) is 6.01. The summed E-state index contributed by atoms with van der Waals surface area (Å²) in [5.41, 5.74) is 9.39. The van der Waals surface area contributed by atoms with Crippen LogP contribution < -0.4 is 11.1 Å². The lowest BCUT2D eigenvalue weighted by molar-refractivity contribution is -0.0562. The van der Waals surface area contributed by atoms with Gasteiger partial charge in [0.15, 0.2) is 45.0 Å². The number of benzene rings is 2. The van der Waals surface area contributed by atoms with Crippen molar-refractivity contribution < 1.29 is 18.3 Å². The Morgan fingerprint density at radius 2 is 1.45 bits per heavy atom. The van der Waals surface area contributed by atoms with Gasteiger partial charge in [-0.3, -0.25) is 9.98 Å². The number of ether oxygens (including phenoxy) is 2. The highest BCUT2D eigenvalue weighted by molar-refractivity contribution is 8.13. The minimum atomic E-state index is -2.35. The van der Waals surface area contributed by atoms with Crippen molar-refractivity contribution in [2.75, 3.05) is 25.6 Å². The molecule has 3 heterocycles. The summed E-state index contributed by atoms with van der Waals surface area (Å²) in [6.45, 7) is 23.5. The molecule has 0 aliphatic carbocycles. The molecule has 11 nitrogen and oxygen atoms in total. The predicted octanol–water partition coefficient (Wildman–Crippen LogP) is 8.52. The summed E-state index contributed by atoms with van der Waals surface area (Å²) < 4.78 is 29.2. The maximum Gasteiger partial charge on any atom is 0.192 e. The minimum absolute atomic E-state index is 0.0000729. The van der Waals surface area contributed by atoms with Crippen LogP contribution in [0.15, 0.2) is 67.0 Å². The first kappa shape index (κ1) is 41.1. The number of methoxy groups -OCH3 is 1. The monoisotopic (exact) mass is 777 g/mol. The molecule has 0 amide bonds. The Bertz CT molecular complexity index is 1790. The summed E-state index contributed by atoms with van der Waals surface area (Å²) in [5, 5.41) is 11.5. The third-order valence-electron chi connectivity index (χ3n) is 11.1. The summed E-state index contributed by atoms with van der Waals surface area (Å²) in [6.07, 6.45) is -0.0251. The van der Waals surface area contributed by atoms with Gasteiger partial charge in [-0.2, -0.15) is 0 Å². The van der Waals surface area contributed by atoms with Crippen LogP contribution in [0.3, 0.4) is 0 Å². The molecule has 14 heteroatoms. The van der Waals surface area contributed by atoms with E-state index >= 15 is 0 Å². The van der Waals surface area contributed by atoms with Gasteiger partial charge in [0.2, 0.25) is 0 Å². The lowest BCUT2D eigenvalue weighted by Crippen LogP contribution is -2.54. The molecule has 4 atom stereocenters. The predicted molar refractivity (Wildman–Crippen MR) is 222 cm³/mol. The molecule has 53 heavy (non-hydrogen) atoms. The van der Waals surface area contributed by atoms with Gasteiger partial charge in [-0.25, -0.2) is 15.0 Å². The molecule has 1 aliphatic rings. The van der Waals surface area contributed by atoms with Crippen molar-refractivity contribution in [3.05, 3.63) is 83.9 Å². The zero-order valence-electron chi connectivity index (χ0n) is 33.3. The van der Waals surface area contributed by atoms with Crippen molar-refractivity contribution in [2.45, 2.75) is 114 Å². The average molecular weight is 778 g/mol. The maximum absolute atomic E-state index is 7.89. The highest BCUT2D eigenvalue weighted by atomic mass is 32.2. The van der Waals surface area contributed by atoms with Gasteiger partial charge in [0.05, 0.1) is 18.7 Å². The van der Waals surface area contributed by atoms with E-state index in [9.17, 15) is 0 Å². The number of nitrogens with two attached hydrogens (primary N) is 1. The molecule has 0 spiro atoms. The average Bonchev–Trinajstić information content (AvgIpc) is 3.64. The molecule has 1 aliphatic heterocycles. The van der Waals surface area contributed by atoms with Crippen LogP contribution in [0, 0.1) is 5.41 Å². The van der Waals surface area contributed by atoms with Crippen LogP contribution in [0.25, 0.3) is 11.2 Å². The summed E-state index contributed by atoms with van der Waals surface area (Å²) in [6, 6.07) is 20.9. The summed E-state index contributed by atoms with van der Waals surface area (Å²) in [4.78, 5) is 14.9. The Morgan fingerprint density at radius 1 is 0.906 bits per heavy atom. The first-order chi connectivity index (χ1) is 24.8. The SMILES string of the molecule is COC[C@H]1O[C@@H](n2cnc3c(NCC(c4ccccc4)c4ccccc4)nc(CSC(=N)N)nc32)[C@@H](O[Si](C)(C)C(C)(C)C)[C@@H]1O[Si](C)(C)C(C)(C)C. The van der Waals surface area contributed by atoms with Gasteiger partial charge < -0.3 is 29.4 Å². The Balaban J connectivity index is 1.61. The fourth-order valence-corrected chi connectivity index (χ4v) is 9.03. The van der Waals surface area contributed by atoms with Crippen molar-refractivity contribution in [3.8, 4) is 0 Å². The zero-order valence-corrected chi connectivity index (χ0v) is 36.1. The van der Waals surface area contributed by atoms with Crippen LogP contribution in [-0.4, -0.2) is 79.9 Å². The molecule has 5 rings (SSSR count). The van der Waals surface area contributed by atoms with Crippen LogP contribution in [-0.2, 0) is 24.1 Å². The molecule has 2 aromatic carbocycles. The van der Waals surface area contributed by atoms with Gasteiger partial charge >= 0.3 is 0 Å². The summed E-state index contributed by atoms with van der Waals surface area (Å²) >= 11 is 1.18. The topological polar surface area (TPSA) is 142 Å². The normalized spacial score (nSPS) is 20.0. The fraction of sp³-hybridized carbons (Fsp3) is 0.538. The number of aromatic nitrogens is 4. The van der Waals surface area contributed by atoms with Crippen LogP contribution in [0.1, 0.15) is 70.6 Å². The van der Waals surface area contributed by atoms with E-state index in [1.165, 1.54) is 22.9 Å². The Morgan fingerprint density at radius 3 is 1.96 bits per heavy atom. The van der Waals surface area contributed by atoms with Gasteiger partial charge in [0.1, 0.15) is 24.1 Å². The third kappa shape index (κ3) is 9.41. The summed E-state index contributed by atoms with van der Waals surface area (Å²) in [7, 11) is -2.94. The van der Waals surface area contributed by atoms with E-state index in [0.29, 0.717) is 41.7 Å². The summed E-state index contributed by atoms with van der Waals surface area (Å²) in [5.74, 6) is 1.51. The van der Waals surface area contributed by atoms with E-state index in [-0.39, 0.29) is 33.4 Å². The molecule has 2 aromatic heterocycles. The molecular formula is C39H59N7O4SSi2. The number of nitrogens with zero attached hydrogens (tertiary/aromatic N) is 4. The van der Waals surface area contributed by atoms with Gasteiger partial charge in [-0.1, -0.05) is 114 Å². The Hall–Kier alpha value is -3.12. The number of anilines is 1. The van der Waals surface area contributed by atoms with Crippen molar-refractivity contribution in [3.63, 3.8) is 0 Å². The lowest BCUT2D eigenvalue weighted by Gasteiger charge is -2.44. The molecule has 0 saturated carbocycles. The van der Waals surface area contributed by atoms with Gasteiger partial charge in [-0.15, -0.1) is 0 Å². The van der Waals surface area contributed by atoms with Crippen LogP contribution in [0.5, 0.6) is 0 Å². The molecule has 0 unspecified atom stereocenters. The number of hydrogen-bond acceptors (Lipinski definition) is 10. The molecule has 0 radical (unpaired) electrons.